The van der Waals surface area contributed by atoms with Crippen molar-refractivity contribution in [3.8, 4) is 5.75 Å². The molecule has 146 valence electrons. The van der Waals surface area contributed by atoms with E-state index in [-0.39, 0.29) is 16.7 Å². The lowest BCUT2D eigenvalue weighted by molar-refractivity contribution is -0.122. The summed E-state index contributed by atoms with van der Waals surface area (Å²) >= 11 is 5.16. The van der Waals surface area contributed by atoms with Crippen molar-refractivity contribution in [3.05, 3.63) is 71.4 Å². The highest BCUT2D eigenvalue weighted by atomic mass is 32.1. The number of carbonyl (C=O) groups excluding carboxylic acids is 2. The maximum absolute atomic E-state index is 12.4. The van der Waals surface area contributed by atoms with Crippen molar-refractivity contribution < 1.29 is 14.3 Å². The summed E-state index contributed by atoms with van der Waals surface area (Å²) in [5.74, 6) is -0.0994. The minimum Gasteiger partial charge on any atom is -0.497 e. The smallest absolute Gasteiger partial charge is 0.286 e. The number of rotatable bonds is 6. The highest BCUT2D eigenvalue weighted by Gasteiger charge is 2.11. The molecule has 0 unspecified atom stereocenters. The van der Waals surface area contributed by atoms with Crippen LogP contribution < -0.4 is 26.2 Å². The topological polar surface area (TPSA) is 91.5 Å². The van der Waals surface area contributed by atoms with Gasteiger partial charge in [0.2, 0.25) is 5.91 Å². The Morgan fingerprint density at radius 2 is 1.71 bits per heavy atom. The molecular weight excluding hydrogens is 376 g/mol. The van der Waals surface area contributed by atoms with Gasteiger partial charge >= 0.3 is 0 Å². The molecule has 2 rings (SSSR count). The zero-order valence-electron chi connectivity index (χ0n) is 15.6. The van der Waals surface area contributed by atoms with Crippen molar-refractivity contribution in [1.82, 2.24) is 21.5 Å². The van der Waals surface area contributed by atoms with Gasteiger partial charge in [-0.3, -0.25) is 20.4 Å². The van der Waals surface area contributed by atoms with Gasteiger partial charge in [-0.15, -0.1) is 0 Å². The number of nitrogens with one attached hydrogen (secondary N) is 4. The largest absolute Gasteiger partial charge is 0.497 e. The highest BCUT2D eigenvalue weighted by molar-refractivity contribution is 7.80. The number of hydrogen-bond donors (Lipinski definition) is 4. The molecule has 2 aromatic carbocycles. The molecular formula is C20H22N4O3S. The van der Waals surface area contributed by atoms with Crippen LogP contribution in [0.4, 0.5) is 0 Å². The number of amides is 2. The van der Waals surface area contributed by atoms with Crippen LogP contribution in [0.1, 0.15) is 18.1 Å². The number of ether oxygens (including phenoxy) is 1. The first-order valence-corrected chi connectivity index (χ1v) is 8.90. The fraction of sp³-hybridized carbons (Fsp3) is 0.150. The molecule has 0 spiro atoms. The lowest BCUT2D eigenvalue weighted by Gasteiger charge is -2.13. The van der Waals surface area contributed by atoms with Crippen molar-refractivity contribution in [2.24, 2.45) is 0 Å². The standard InChI is InChI=1S/C20H22N4O3S/c1-14(25)22-18(12-15-6-4-3-5-7-15)19(26)23-24-20(28)21-13-16-8-10-17(27-2)11-9-16/h3-12H,13H2,1-2H3,(H,22,25)(H,23,26)(H2,21,24,28)/b18-12-. The Morgan fingerprint density at radius 3 is 2.32 bits per heavy atom. The molecule has 4 N–H and O–H groups in total. The average molecular weight is 398 g/mol. The van der Waals surface area contributed by atoms with E-state index in [1.165, 1.54) is 6.92 Å². The van der Waals surface area contributed by atoms with Crippen molar-refractivity contribution in [2.75, 3.05) is 7.11 Å². The summed E-state index contributed by atoms with van der Waals surface area (Å²) in [5.41, 5.74) is 6.97. The Labute approximate surface area is 169 Å². The van der Waals surface area contributed by atoms with Crippen molar-refractivity contribution >= 4 is 35.2 Å². The molecule has 0 aliphatic carbocycles. The predicted molar refractivity (Wildman–Crippen MR) is 112 cm³/mol. The van der Waals surface area contributed by atoms with Crippen LogP contribution in [0.15, 0.2) is 60.3 Å². The molecule has 0 atom stereocenters. The van der Waals surface area contributed by atoms with Gasteiger partial charge in [-0.2, -0.15) is 0 Å². The number of carbonyl (C=O) groups is 2. The van der Waals surface area contributed by atoms with Crippen LogP contribution in [0.25, 0.3) is 6.08 Å². The Kier molecular flexibility index (Phi) is 7.98. The average Bonchev–Trinajstić information content (AvgIpc) is 2.70. The molecule has 0 fully saturated rings. The van der Waals surface area contributed by atoms with Gasteiger partial charge in [0.1, 0.15) is 11.4 Å². The lowest BCUT2D eigenvalue weighted by atomic mass is 10.2. The third kappa shape index (κ3) is 7.08. The zero-order chi connectivity index (χ0) is 20.4. The van der Waals surface area contributed by atoms with Gasteiger partial charge < -0.3 is 15.4 Å². The summed E-state index contributed by atoms with van der Waals surface area (Å²) in [5, 5.41) is 5.74. The van der Waals surface area contributed by atoms with Crippen LogP contribution >= 0.6 is 12.2 Å². The molecule has 0 aliphatic heterocycles. The summed E-state index contributed by atoms with van der Waals surface area (Å²) in [6.07, 6.45) is 1.58. The number of methoxy groups -OCH3 is 1. The van der Waals surface area contributed by atoms with Crippen LogP contribution in [-0.2, 0) is 16.1 Å². The molecule has 28 heavy (non-hydrogen) atoms. The second-order valence-electron chi connectivity index (χ2n) is 5.76. The van der Waals surface area contributed by atoms with Crippen LogP contribution in [0, 0.1) is 0 Å². The fourth-order valence-corrected chi connectivity index (χ4v) is 2.34. The first-order chi connectivity index (χ1) is 13.5. The third-order valence-electron chi connectivity index (χ3n) is 3.57. The summed E-state index contributed by atoms with van der Waals surface area (Å²) in [4.78, 5) is 23.8. The van der Waals surface area contributed by atoms with Crippen molar-refractivity contribution in [1.29, 1.82) is 0 Å². The van der Waals surface area contributed by atoms with Gasteiger partial charge in [0.25, 0.3) is 5.91 Å². The van der Waals surface area contributed by atoms with E-state index in [1.54, 1.807) is 13.2 Å². The first-order valence-electron chi connectivity index (χ1n) is 8.49. The van der Waals surface area contributed by atoms with E-state index in [0.717, 1.165) is 16.9 Å². The van der Waals surface area contributed by atoms with Gasteiger partial charge in [0.15, 0.2) is 5.11 Å². The van der Waals surface area contributed by atoms with E-state index in [4.69, 9.17) is 17.0 Å². The molecule has 2 aromatic rings. The Morgan fingerprint density at radius 1 is 1.04 bits per heavy atom. The summed E-state index contributed by atoms with van der Waals surface area (Å²) in [6, 6.07) is 16.7. The molecule has 0 saturated carbocycles. The number of benzene rings is 2. The Bertz CT molecular complexity index is 852. The quantitative estimate of drug-likeness (QED) is 0.337. The van der Waals surface area contributed by atoms with Crippen LogP contribution in [-0.4, -0.2) is 24.0 Å². The first kappa shape index (κ1) is 20.9. The molecule has 0 saturated heterocycles. The second-order valence-corrected chi connectivity index (χ2v) is 6.17. The van der Waals surface area contributed by atoms with Crippen LogP contribution in [0.3, 0.4) is 0 Å². The van der Waals surface area contributed by atoms with Crippen molar-refractivity contribution in [3.63, 3.8) is 0 Å². The zero-order valence-corrected chi connectivity index (χ0v) is 16.4. The van der Waals surface area contributed by atoms with E-state index in [0.29, 0.717) is 6.54 Å². The van der Waals surface area contributed by atoms with Gasteiger partial charge in [-0.05, 0) is 41.6 Å². The highest BCUT2D eigenvalue weighted by Crippen LogP contribution is 2.10. The molecule has 8 heteroatoms. The fourth-order valence-electron chi connectivity index (χ4n) is 2.21. The van der Waals surface area contributed by atoms with Gasteiger partial charge in [0.05, 0.1) is 7.11 Å². The number of hydrazine groups is 1. The third-order valence-corrected chi connectivity index (χ3v) is 3.81. The van der Waals surface area contributed by atoms with Gasteiger partial charge in [0, 0.05) is 13.5 Å². The molecule has 0 aliphatic rings. The predicted octanol–water partition coefficient (Wildman–Crippen LogP) is 1.87. The van der Waals surface area contributed by atoms with E-state index in [9.17, 15) is 9.59 Å². The monoisotopic (exact) mass is 398 g/mol. The summed E-state index contributed by atoms with van der Waals surface area (Å²) < 4.78 is 5.11. The van der Waals surface area contributed by atoms with E-state index < -0.39 is 5.91 Å². The lowest BCUT2D eigenvalue weighted by Crippen LogP contribution is -2.48. The molecule has 7 nitrogen and oxygen atoms in total. The van der Waals surface area contributed by atoms with Gasteiger partial charge in [-0.25, -0.2) is 0 Å². The molecule has 0 heterocycles. The number of hydrogen-bond acceptors (Lipinski definition) is 4. The van der Waals surface area contributed by atoms with Crippen molar-refractivity contribution in [2.45, 2.75) is 13.5 Å². The maximum Gasteiger partial charge on any atom is 0.286 e. The summed E-state index contributed by atoms with van der Waals surface area (Å²) in [7, 11) is 1.61. The van der Waals surface area contributed by atoms with Gasteiger partial charge in [-0.1, -0.05) is 42.5 Å². The molecule has 0 bridgehead atoms. The SMILES string of the molecule is COc1ccc(CNC(=S)NNC(=O)/C(=C/c2ccccc2)NC(C)=O)cc1. The Hall–Kier alpha value is -3.39. The van der Waals surface area contributed by atoms with Crippen LogP contribution in [0.2, 0.25) is 0 Å². The normalized spacial score (nSPS) is 10.6. The number of thiocarbonyl (C=S) groups is 1. The van der Waals surface area contributed by atoms with E-state index >= 15 is 0 Å². The van der Waals surface area contributed by atoms with E-state index in [1.807, 2.05) is 54.6 Å². The second kappa shape index (κ2) is 10.7. The minimum atomic E-state index is -0.521. The minimum absolute atomic E-state index is 0.101. The van der Waals surface area contributed by atoms with E-state index in [2.05, 4.69) is 21.5 Å². The molecule has 0 aromatic heterocycles. The summed E-state index contributed by atoms with van der Waals surface area (Å²) in [6.45, 7) is 1.81. The Balaban J connectivity index is 1.89. The molecule has 0 radical (unpaired) electrons. The maximum atomic E-state index is 12.4. The van der Waals surface area contributed by atoms with Crippen LogP contribution in [0.5, 0.6) is 5.75 Å². The molecule has 2 amide bonds.